The molecule has 0 spiro atoms. The van der Waals surface area contributed by atoms with E-state index in [0.29, 0.717) is 28.0 Å². The van der Waals surface area contributed by atoms with Gasteiger partial charge in [-0.3, -0.25) is 9.59 Å². The van der Waals surface area contributed by atoms with Crippen LogP contribution in [0.3, 0.4) is 0 Å². The van der Waals surface area contributed by atoms with Gasteiger partial charge in [-0.15, -0.1) is 0 Å². The summed E-state index contributed by atoms with van der Waals surface area (Å²) in [6, 6.07) is 10.9. The molecule has 2 amide bonds. The fourth-order valence-corrected chi connectivity index (χ4v) is 3.54. The molecule has 2 aromatic rings. The number of nitrogens with one attached hydrogen (secondary N) is 1. The zero-order valence-electron chi connectivity index (χ0n) is 15.3. The average molecular weight is 433 g/mol. The summed E-state index contributed by atoms with van der Waals surface area (Å²) in [6.45, 7) is 0.681. The second-order valence-electron chi connectivity index (χ2n) is 6.23. The molecule has 1 aliphatic rings. The summed E-state index contributed by atoms with van der Waals surface area (Å²) in [4.78, 5) is 26.7. The van der Waals surface area contributed by atoms with Crippen molar-refractivity contribution in [1.29, 1.82) is 0 Å². The lowest BCUT2D eigenvalue weighted by Gasteiger charge is -2.30. The topological polar surface area (TPSA) is 67.9 Å². The first-order chi connectivity index (χ1) is 13.0. The van der Waals surface area contributed by atoms with E-state index in [4.69, 9.17) is 9.47 Å². The van der Waals surface area contributed by atoms with E-state index in [0.717, 1.165) is 24.1 Å². The number of halogens is 1. The smallest absolute Gasteiger partial charge is 0.256 e. The van der Waals surface area contributed by atoms with E-state index in [1.165, 1.54) is 7.11 Å². The molecule has 0 atom stereocenters. The second kappa shape index (κ2) is 8.54. The lowest BCUT2D eigenvalue weighted by atomic mass is 10.0. The molecule has 0 fully saturated rings. The van der Waals surface area contributed by atoms with E-state index in [1.807, 2.05) is 18.2 Å². The van der Waals surface area contributed by atoms with Gasteiger partial charge in [-0.25, -0.2) is 0 Å². The van der Waals surface area contributed by atoms with Gasteiger partial charge in [-0.05, 0) is 64.7 Å². The normalized spacial score (nSPS) is 13.1. The number of ether oxygens (including phenoxy) is 2. The molecule has 2 aromatic carbocycles. The maximum Gasteiger partial charge on any atom is 0.256 e. The standard InChI is InChI=1S/C20H21BrN2O4/c1-26-12-19(24)23-9-3-4-13-5-6-14(10-18(13)23)22-20(25)16-11-15(27-2)7-8-17(16)21/h5-8,10-11H,3-4,9,12H2,1-2H3,(H,22,25). The SMILES string of the molecule is COCC(=O)N1CCCc2ccc(NC(=O)c3cc(OC)ccc3Br)cc21. The Morgan fingerprint density at radius 2 is 2.00 bits per heavy atom. The Labute approximate surface area is 166 Å². The van der Waals surface area contributed by atoms with Crippen LogP contribution in [-0.4, -0.2) is 39.2 Å². The number of anilines is 2. The van der Waals surface area contributed by atoms with Crippen LogP contribution in [0.5, 0.6) is 5.75 Å². The van der Waals surface area contributed by atoms with Gasteiger partial charge in [0.1, 0.15) is 12.4 Å². The molecule has 1 N–H and O–H groups in total. The minimum atomic E-state index is -0.258. The summed E-state index contributed by atoms with van der Waals surface area (Å²) < 4.78 is 10.8. The molecule has 0 bridgehead atoms. The van der Waals surface area contributed by atoms with Crippen molar-refractivity contribution >= 4 is 39.1 Å². The average Bonchev–Trinajstić information content (AvgIpc) is 2.68. The van der Waals surface area contributed by atoms with Gasteiger partial charge in [0.05, 0.1) is 12.7 Å². The number of fused-ring (bicyclic) bond motifs is 1. The zero-order chi connectivity index (χ0) is 19.4. The molecule has 0 saturated heterocycles. The van der Waals surface area contributed by atoms with Gasteiger partial charge in [-0.2, -0.15) is 0 Å². The molecule has 0 unspecified atom stereocenters. The Balaban J connectivity index is 1.85. The van der Waals surface area contributed by atoms with Crippen molar-refractivity contribution < 1.29 is 19.1 Å². The fourth-order valence-electron chi connectivity index (χ4n) is 3.12. The molecule has 0 aromatic heterocycles. The van der Waals surface area contributed by atoms with Gasteiger partial charge in [0.15, 0.2) is 0 Å². The molecule has 0 aliphatic carbocycles. The van der Waals surface area contributed by atoms with Crippen LogP contribution in [0, 0.1) is 0 Å². The van der Waals surface area contributed by atoms with Crippen molar-refractivity contribution in [1.82, 2.24) is 0 Å². The summed E-state index contributed by atoms with van der Waals surface area (Å²) in [5.41, 5.74) is 3.02. The van der Waals surface area contributed by atoms with Crippen molar-refractivity contribution in [2.45, 2.75) is 12.8 Å². The molecule has 3 rings (SSSR count). The van der Waals surface area contributed by atoms with Crippen molar-refractivity contribution in [2.75, 3.05) is 37.6 Å². The number of carbonyl (C=O) groups is 2. The number of hydrogen-bond acceptors (Lipinski definition) is 4. The lowest BCUT2D eigenvalue weighted by molar-refractivity contribution is -0.122. The first-order valence-electron chi connectivity index (χ1n) is 8.60. The molecule has 1 heterocycles. The Bertz CT molecular complexity index is 869. The highest BCUT2D eigenvalue weighted by atomic mass is 79.9. The molecule has 27 heavy (non-hydrogen) atoms. The van der Waals surface area contributed by atoms with E-state index in [2.05, 4.69) is 21.2 Å². The largest absolute Gasteiger partial charge is 0.497 e. The summed E-state index contributed by atoms with van der Waals surface area (Å²) in [7, 11) is 3.06. The predicted octanol–water partition coefficient (Wildman–Crippen LogP) is 3.64. The van der Waals surface area contributed by atoms with Gasteiger partial charge in [-0.1, -0.05) is 6.07 Å². The first-order valence-corrected chi connectivity index (χ1v) is 9.40. The van der Waals surface area contributed by atoms with E-state index in [9.17, 15) is 9.59 Å². The fraction of sp³-hybridized carbons (Fsp3) is 0.300. The van der Waals surface area contributed by atoms with Crippen LogP contribution < -0.4 is 15.0 Å². The highest BCUT2D eigenvalue weighted by molar-refractivity contribution is 9.10. The number of methoxy groups -OCH3 is 2. The number of amides is 2. The third-order valence-corrected chi connectivity index (χ3v) is 5.14. The predicted molar refractivity (Wildman–Crippen MR) is 108 cm³/mol. The minimum absolute atomic E-state index is 0.0345. The van der Waals surface area contributed by atoms with Crippen molar-refractivity contribution in [2.24, 2.45) is 0 Å². The monoisotopic (exact) mass is 432 g/mol. The van der Waals surface area contributed by atoms with Gasteiger partial charge in [0.2, 0.25) is 0 Å². The lowest BCUT2D eigenvalue weighted by Crippen LogP contribution is -2.37. The van der Waals surface area contributed by atoms with Crippen LogP contribution in [-0.2, 0) is 16.0 Å². The number of carbonyl (C=O) groups excluding carboxylic acids is 2. The van der Waals surface area contributed by atoms with E-state index < -0.39 is 0 Å². The first kappa shape index (κ1) is 19.4. The third-order valence-electron chi connectivity index (χ3n) is 4.45. The van der Waals surface area contributed by atoms with Crippen LogP contribution in [0.4, 0.5) is 11.4 Å². The van der Waals surface area contributed by atoms with Gasteiger partial charge in [0.25, 0.3) is 11.8 Å². The second-order valence-corrected chi connectivity index (χ2v) is 7.08. The quantitative estimate of drug-likeness (QED) is 0.782. The minimum Gasteiger partial charge on any atom is -0.497 e. The van der Waals surface area contributed by atoms with E-state index in [1.54, 1.807) is 30.2 Å². The summed E-state index contributed by atoms with van der Waals surface area (Å²) in [5, 5.41) is 2.90. The highest BCUT2D eigenvalue weighted by Crippen LogP contribution is 2.31. The third kappa shape index (κ3) is 4.31. The molecular weight excluding hydrogens is 412 g/mol. The number of benzene rings is 2. The van der Waals surface area contributed by atoms with Crippen LogP contribution in [0.2, 0.25) is 0 Å². The molecule has 6 nitrogen and oxygen atoms in total. The summed E-state index contributed by atoms with van der Waals surface area (Å²) in [6.07, 6.45) is 1.81. The number of hydrogen-bond donors (Lipinski definition) is 1. The maximum absolute atomic E-state index is 12.7. The van der Waals surface area contributed by atoms with Crippen molar-refractivity contribution in [3.05, 3.63) is 52.0 Å². The van der Waals surface area contributed by atoms with Gasteiger partial charge in [0, 0.05) is 29.5 Å². The molecule has 0 radical (unpaired) electrons. The van der Waals surface area contributed by atoms with Crippen LogP contribution in [0.1, 0.15) is 22.3 Å². The Hall–Kier alpha value is -2.38. The molecule has 1 aliphatic heterocycles. The molecule has 0 saturated carbocycles. The molecular formula is C20H21BrN2O4. The van der Waals surface area contributed by atoms with Crippen LogP contribution >= 0.6 is 15.9 Å². The zero-order valence-corrected chi connectivity index (χ0v) is 16.8. The van der Waals surface area contributed by atoms with E-state index in [-0.39, 0.29) is 18.4 Å². The van der Waals surface area contributed by atoms with Gasteiger partial charge < -0.3 is 19.7 Å². The van der Waals surface area contributed by atoms with E-state index >= 15 is 0 Å². The molecule has 142 valence electrons. The van der Waals surface area contributed by atoms with Crippen molar-refractivity contribution in [3.8, 4) is 5.75 Å². The van der Waals surface area contributed by atoms with Gasteiger partial charge >= 0.3 is 0 Å². The Kier molecular flexibility index (Phi) is 6.13. The maximum atomic E-state index is 12.7. The Morgan fingerprint density at radius 1 is 1.19 bits per heavy atom. The van der Waals surface area contributed by atoms with Crippen LogP contribution in [0.25, 0.3) is 0 Å². The highest BCUT2D eigenvalue weighted by Gasteiger charge is 2.23. The molecule has 7 heteroatoms. The number of nitrogens with zero attached hydrogens (tertiary/aromatic N) is 1. The Morgan fingerprint density at radius 3 is 2.74 bits per heavy atom. The summed E-state index contributed by atoms with van der Waals surface area (Å²) >= 11 is 3.40. The number of aryl methyl sites for hydroxylation is 1. The number of rotatable bonds is 5. The van der Waals surface area contributed by atoms with Crippen molar-refractivity contribution in [3.63, 3.8) is 0 Å². The summed E-state index contributed by atoms with van der Waals surface area (Å²) in [5.74, 6) is 0.258. The van der Waals surface area contributed by atoms with Crippen LogP contribution in [0.15, 0.2) is 40.9 Å².